The van der Waals surface area contributed by atoms with Crippen LogP contribution in [0.4, 0.5) is 5.13 Å². The Morgan fingerprint density at radius 1 is 1.59 bits per heavy atom. The second-order valence-corrected chi connectivity index (χ2v) is 5.64. The van der Waals surface area contributed by atoms with Crippen molar-refractivity contribution < 1.29 is 9.90 Å². The predicted octanol–water partition coefficient (Wildman–Crippen LogP) is 1.78. The van der Waals surface area contributed by atoms with Crippen molar-refractivity contribution in [3.63, 3.8) is 0 Å². The molecule has 17 heavy (non-hydrogen) atoms. The van der Waals surface area contributed by atoms with Crippen molar-refractivity contribution in [2.24, 2.45) is 11.3 Å². The van der Waals surface area contributed by atoms with Crippen LogP contribution in [0.25, 0.3) is 0 Å². The Morgan fingerprint density at radius 3 is 2.71 bits per heavy atom. The first-order valence-corrected chi connectivity index (χ1v) is 6.52. The number of anilines is 1. The number of carboxylic acid groups (broad SMARTS) is 1. The van der Waals surface area contributed by atoms with Gasteiger partial charge < -0.3 is 10.0 Å². The average molecular weight is 255 g/mol. The van der Waals surface area contributed by atoms with Crippen molar-refractivity contribution in [3.8, 4) is 0 Å². The molecule has 2 rings (SSSR count). The highest BCUT2D eigenvalue weighted by molar-refractivity contribution is 7.09. The lowest BCUT2D eigenvalue weighted by molar-refractivity contribution is -0.150. The van der Waals surface area contributed by atoms with Gasteiger partial charge in [0.25, 0.3) is 0 Å². The van der Waals surface area contributed by atoms with Gasteiger partial charge in [-0.05, 0) is 19.3 Å². The van der Waals surface area contributed by atoms with Crippen LogP contribution >= 0.6 is 11.5 Å². The van der Waals surface area contributed by atoms with Gasteiger partial charge in [0.2, 0.25) is 5.13 Å². The molecule has 1 unspecified atom stereocenters. The summed E-state index contributed by atoms with van der Waals surface area (Å²) >= 11 is 1.34. The van der Waals surface area contributed by atoms with Crippen LogP contribution in [0, 0.1) is 18.3 Å². The maximum absolute atomic E-state index is 11.5. The SMILES string of the molecule is Cc1nsc(N2CCC(C(=O)O)(C(C)C)C2)n1. The molecule has 1 aliphatic rings. The molecule has 1 aromatic heterocycles. The largest absolute Gasteiger partial charge is 0.481 e. The van der Waals surface area contributed by atoms with Crippen LogP contribution in [0.5, 0.6) is 0 Å². The number of carboxylic acids is 1. The molecule has 1 saturated heterocycles. The minimum absolute atomic E-state index is 0.124. The van der Waals surface area contributed by atoms with E-state index in [9.17, 15) is 9.90 Å². The molecule has 0 spiro atoms. The van der Waals surface area contributed by atoms with Gasteiger partial charge in [-0.25, -0.2) is 4.98 Å². The van der Waals surface area contributed by atoms with E-state index in [0.29, 0.717) is 13.0 Å². The summed E-state index contributed by atoms with van der Waals surface area (Å²) in [4.78, 5) is 17.8. The molecule has 0 aromatic carbocycles. The van der Waals surface area contributed by atoms with Gasteiger partial charge in [-0.2, -0.15) is 4.37 Å². The van der Waals surface area contributed by atoms with Gasteiger partial charge in [0.15, 0.2) is 0 Å². The van der Waals surface area contributed by atoms with Gasteiger partial charge >= 0.3 is 5.97 Å². The minimum Gasteiger partial charge on any atom is -0.481 e. The molecule has 1 atom stereocenters. The topological polar surface area (TPSA) is 66.3 Å². The molecule has 0 aliphatic carbocycles. The Kier molecular flexibility index (Phi) is 3.07. The summed E-state index contributed by atoms with van der Waals surface area (Å²) in [5.74, 6) is 0.178. The molecular weight excluding hydrogens is 238 g/mol. The van der Waals surface area contributed by atoms with Crippen LogP contribution in [0.15, 0.2) is 0 Å². The number of hydrogen-bond acceptors (Lipinski definition) is 5. The van der Waals surface area contributed by atoms with Gasteiger partial charge in [0, 0.05) is 24.6 Å². The molecule has 1 aliphatic heterocycles. The number of nitrogens with zero attached hydrogens (tertiary/aromatic N) is 3. The van der Waals surface area contributed by atoms with E-state index < -0.39 is 11.4 Å². The third-order valence-electron chi connectivity index (χ3n) is 3.62. The van der Waals surface area contributed by atoms with Crippen LogP contribution in [-0.4, -0.2) is 33.5 Å². The summed E-state index contributed by atoms with van der Waals surface area (Å²) in [7, 11) is 0. The Labute approximate surface area is 105 Å². The summed E-state index contributed by atoms with van der Waals surface area (Å²) in [6, 6.07) is 0. The summed E-state index contributed by atoms with van der Waals surface area (Å²) in [6.45, 7) is 7.09. The highest BCUT2D eigenvalue weighted by atomic mass is 32.1. The van der Waals surface area contributed by atoms with Gasteiger partial charge in [0.1, 0.15) is 5.82 Å². The Morgan fingerprint density at radius 2 is 2.29 bits per heavy atom. The van der Waals surface area contributed by atoms with E-state index in [1.807, 2.05) is 25.7 Å². The van der Waals surface area contributed by atoms with Gasteiger partial charge in [0.05, 0.1) is 5.41 Å². The standard InChI is InChI=1S/C11H17N3O2S/c1-7(2)11(9(15)16)4-5-14(6-11)10-12-8(3)13-17-10/h7H,4-6H2,1-3H3,(H,15,16). The van der Waals surface area contributed by atoms with Crippen LogP contribution in [0.2, 0.25) is 0 Å². The summed E-state index contributed by atoms with van der Waals surface area (Å²) in [6.07, 6.45) is 0.679. The zero-order valence-electron chi connectivity index (χ0n) is 10.3. The van der Waals surface area contributed by atoms with E-state index in [4.69, 9.17) is 0 Å². The maximum Gasteiger partial charge on any atom is 0.311 e. The third-order valence-corrected chi connectivity index (χ3v) is 4.49. The van der Waals surface area contributed by atoms with E-state index in [2.05, 4.69) is 9.36 Å². The van der Waals surface area contributed by atoms with E-state index in [0.717, 1.165) is 17.5 Å². The van der Waals surface area contributed by atoms with Crippen LogP contribution in [-0.2, 0) is 4.79 Å². The summed E-state index contributed by atoms with van der Waals surface area (Å²) in [5, 5.41) is 10.3. The fourth-order valence-electron chi connectivity index (χ4n) is 2.30. The molecule has 0 amide bonds. The molecule has 0 radical (unpaired) electrons. The minimum atomic E-state index is -0.698. The Hall–Kier alpha value is -1.17. The zero-order valence-corrected chi connectivity index (χ0v) is 11.1. The van der Waals surface area contributed by atoms with Crippen molar-refractivity contribution in [1.29, 1.82) is 0 Å². The van der Waals surface area contributed by atoms with Crippen molar-refractivity contribution in [3.05, 3.63) is 5.82 Å². The number of carbonyl (C=O) groups is 1. The second-order valence-electron chi connectivity index (χ2n) is 4.91. The van der Waals surface area contributed by atoms with Crippen LogP contribution < -0.4 is 4.90 Å². The lowest BCUT2D eigenvalue weighted by Gasteiger charge is -2.28. The molecule has 5 nitrogen and oxygen atoms in total. The first-order valence-electron chi connectivity index (χ1n) is 5.74. The normalized spacial score (nSPS) is 24.6. The molecule has 1 N–H and O–H groups in total. The van der Waals surface area contributed by atoms with Crippen LogP contribution in [0.1, 0.15) is 26.1 Å². The van der Waals surface area contributed by atoms with Crippen molar-refractivity contribution >= 4 is 22.6 Å². The number of aromatic nitrogens is 2. The zero-order chi connectivity index (χ0) is 12.6. The summed E-state index contributed by atoms with van der Waals surface area (Å²) < 4.78 is 4.14. The fraction of sp³-hybridized carbons (Fsp3) is 0.727. The molecule has 2 heterocycles. The fourth-order valence-corrected chi connectivity index (χ4v) is 3.00. The molecule has 6 heteroatoms. The highest BCUT2D eigenvalue weighted by Crippen LogP contribution is 2.40. The number of hydrogen-bond donors (Lipinski definition) is 1. The maximum atomic E-state index is 11.5. The van der Waals surface area contributed by atoms with Gasteiger partial charge in [-0.15, -0.1) is 0 Å². The number of aryl methyl sites for hydroxylation is 1. The average Bonchev–Trinajstić information content (AvgIpc) is 2.83. The lowest BCUT2D eigenvalue weighted by atomic mass is 9.76. The molecular formula is C11H17N3O2S. The molecule has 0 bridgehead atoms. The molecule has 0 saturated carbocycles. The first kappa shape index (κ1) is 12.3. The highest BCUT2D eigenvalue weighted by Gasteiger charge is 2.47. The van der Waals surface area contributed by atoms with Crippen molar-refractivity contribution in [2.45, 2.75) is 27.2 Å². The van der Waals surface area contributed by atoms with E-state index >= 15 is 0 Å². The van der Waals surface area contributed by atoms with Crippen LogP contribution in [0.3, 0.4) is 0 Å². The Balaban J connectivity index is 2.20. The summed E-state index contributed by atoms with van der Waals surface area (Å²) in [5.41, 5.74) is -0.639. The number of rotatable bonds is 3. The van der Waals surface area contributed by atoms with Crippen molar-refractivity contribution in [1.82, 2.24) is 9.36 Å². The van der Waals surface area contributed by atoms with E-state index in [-0.39, 0.29) is 5.92 Å². The smallest absolute Gasteiger partial charge is 0.311 e. The molecule has 1 fully saturated rings. The van der Waals surface area contributed by atoms with E-state index in [1.165, 1.54) is 11.5 Å². The van der Waals surface area contributed by atoms with Gasteiger partial charge in [-0.3, -0.25) is 4.79 Å². The lowest BCUT2D eigenvalue weighted by Crippen LogP contribution is -2.39. The van der Waals surface area contributed by atoms with Crippen molar-refractivity contribution in [2.75, 3.05) is 18.0 Å². The quantitative estimate of drug-likeness (QED) is 0.891. The predicted molar refractivity (Wildman–Crippen MR) is 66.4 cm³/mol. The Bertz CT molecular complexity index is 432. The monoisotopic (exact) mass is 255 g/mol. The van der Waals surface area contributed by atoms with E-state index in [1.54, 1.807) is 0 Å². The molecule has 1 aromatic rings. The van der Waals surface area contributed by atoms with Gasteiger partial charge in [-0.1, -0.05) is 13.8 Å². The number of aliphatic carboxylic acids is 1. The molecule has 94 valence electrons. The third kappa shape index (κ3) is 2.01. The second kappa shape index (κ2) is 4.25. The first-order chi connectivity index (χ1) is 7.95.